The second-order valence-corrected chi connectivity index (χ2v) is 9.24. The molecule has 1 aromatic carbocycles. The maximum Gasteiger partial charge on any atom is 0.251 e. The third-order valence-corrected chi connectivity index (χ3v) is 6.52. The molecule has 2 aromatic heterocycles. The molecule has 12 nitrogen and oxygen atoms in total. The first-order chi connectivity index (χ1) is 19.8. The smallest absolute Gasteiger partial charge is 0.251 e. The van der Waals surface area contributed by atoms with Gasteiger partial charge in [-0.05, 0) is 30.7 Å². The highest BCUT2D eigenvalue weighted by Gasteiger charge is 2.29. The van der Waals surface area contributed by atoms with Crippen LogP contribution in [0.2, 0.25) is 0 Å². The van der Waals surface area contributed by atoms with Crippen LogP contribution >= 0.6 is 0 Å². The predicted octanol–water partition coefficient (Wildman–Crippen LogP) is 2.26. The molecule has 0 spiro atoms. The topological polar surface area (TPSA) is 146 Å². The van der Waals surface area contributed by atoms with Crippen LogP contribution in [0.15, 0.2) is 41.4 Å². The van der Waals surface area contributed by atoms with Crippen molar-refractivity contribution in [1.82, 2.24) is 25.3 Å². The van der Waals surface area contributed by atoms with Crippen molar-refractivity contribution in [2.24, 2.45) is 4.99 Å². The SMILES string of the molecule is COCCN(CCOC)C(=O)CONC1=N[C@@H](c2ccc(F)cc2-c2cccc(OC)n2)Cc2nc(N)nc(C)c21. The molecule has 1 aliphatic rings. The maximum atomic E-state index is 14.5. The van der Waals surface area contributed by atoms with Crippen LogP contribution in [0.4, 0.5) is 10.3 Å². The second kappa shape index (κ2) is 13.9. The summed E-state index contributed by atoms with van der Waals surface area (Å²) in [4.78, 5) is 38.2. The number of carbonyl (C=O) groups excluding carboxylic acids is 1. The van der Waals surface area contributed by atoms with E-state index < -0.39 is 11.9 Å². The summed E-state index contributed by atoms with van der Waals surface area (Å²) in [6, 6.07) is 9.24. The molecule has 0 fully saturated rings. The number of anilines is 1. The molecule has 0 bridgehead atoms. The van der Waals surface area contributed by atoms with Gasteiger partial charge in [0.25, 0.3) is 5.91 Å². The minimum atomic E-state index is -0.499. The van der Waals surface area contributed by atoms with Crippen molar-refractivity contribution in [3.05, 3.63) is 64.7 Å². The fourth-order valence-corrected chi connectivity index (χ4v) is 4.56. The quantitative estimate of drug-likeness (QED) is 0.313. The normalized spacial score (nSPS) is 14.3. The van der Waals surface area contributed by atoms with E-state index in [1.54, 1.807) is 50.3 Å². The van der Waals surface area contributed by atoms with Gasteiger partial charge in [-0.1, -0.05) is 12.1 Å². The predicted molar refractivity (Wildman–Crippen MR) is 150 cm³/mol. The number of nitrogens with one attached hydrogen (secondary N) is 1. The summed E-state index contributed by atoms with van der Waals surface area (Å²) in [7, 11) is 4.66. The fraction of sp³-hybridized carbons (Fsp3) is 0.393. The molecule has 1 aliphatic heterocycles. The Balaban J connectivity index is 1.64. The number of aliphatic imine (C=N–C) groups is 1. The van der Waals surface area contributed by atoms with Crippen molar-refractivity contribution < 1.29 is 28.2 Å². The molecule has 0 saturated heterocycles. The Hall–Kier alpha value is -4.20. The third-order valence-electron chi connectivity index (χ3n) is 6.52. The average Bonchev–Trinajstić information content (AvgIpc) is 2.96. The molecule has 0 aliphatic carbocycles. The van der Waals surface area contributed by atoms with Crippen molar-refractivity contribution in [2.75, 3.05) is 60.0 Å². The highest BCUT2D eigenvalue weighted by molar-refractivity contribution is 6.01. The molecule has 0 saturated carbocycles. The lowest BCUT2D eigenvalue weighted by Crippen LogP contribution is -2.41. The number of amides is 1. The van der Waals surface area contributed by atoms with E-state index in [0.29, 0.717) is 78.2 Å². The van der Waals surface area contributed by atoms with Crippen LogP contribution < -0.4 is 16.0 Å². The van der Waals surface area contributed by atoms with Crippen LogP contribution in [0.3, 0.4) is 0 Å². The number of aryl methyl sites for hydroxylation is 1. The van der Waals surface area contributed by atoms with Crippen molar-refractivity contribution in [3.63, 3.8) is 0 Å². The number of nitrogens with zero attached hydrogens (tertiary/aromatic N) is 5. The minimum Gasteiger partial charge on any atom is -0.481 e. The van der Waals surface area contributed by atoms with Gasteiger partial charge in [-0.25, -0.2) is 24.8 Å². The highest BCUT2D eigenvalue weighted by Crippen LogP contribution is 2.36. The Morgan fingerprint density at radius 3 is 2.56 bits per heavy atom. The lowest BCUT2D eigenvalue weighted by molar-refractivity contribution is -0.138. The Kier molecular flexibility index (Phi) is 10.1. The van der Waals surface area contributed by atoms with Gasteiger partial charge in [-0.3, -0.25) is 14.6 Å². The van der Waals surface area contributed by atoms with E-state index in [-0.39, 0.29) is 18.5 Å². The van der Waals surface area contributed by atoms with E-state index in [1.165, 1.54) is 19.2 Å². The molecule has 0 radical (unpaired) electrons. The number of hydrogen-bond donors (Lipinski definition) is 2. The second-order valence-electron chi connectivity index (χ2n) is 9.24. The van der Waals surface area contributed by atoms with Gasteiger partial charge >= 0.3 is 0 Å². The number of carbonyl (C=O) groups is 1. The number of nitrogen functional groups attached to an aromatic ring is 1. The number of ether oxygens (including phenoxy) is 3. The minimum absolute atomic E-state index is 0.123. The number of rotatable bonds is 12. The zero-order valence-electron chi connectivity index (χ0n) is 23.5. The first kappa shape index (κ1) is 29.8. The van der Waals surface area contributed by atoms with E-state index in [4.69, 9.17) is 29.8 Å². The van der Waals surface area contributed by atoms with Crippen molar-refractivity contribution in [3.8, 4) is 17.1 Å². The molecule has 3 N–H and O–H groups in total. The van der Waals surface area contributed by atoms with Gasteiger partial charge in [0.1, 0.15) is 5.82 Å². The van der Waals surface area contributed by atoms with Gasteiger partial charge in [0, 0.05) is 45.4 Å². The van der Waals surface area contributed by atoms with E-state index in [9.17, 15) is 9.18 Å². The van der Waals surface area contributed by atoms with E-state index in [1.807, 2.05) is 0 Å². The monoisotopic (exact) mass is 567 g/mol. The summed E-state index contributed by atoms with van der Waals surface area (Å²) in [6.45, 7) is 3.07. The molecular weight excluding hydrogens is 533 g/mol. The molecule has 3 aromatic rings. The molecule has 13 heteroatoms. The molecule has 218 valence electrons. The number of aromatic nitrogens is 3. The Morgan fingerprint density at radius 2 is 1.85 bits per heavy atom. The van der Waals surface area contributed by atoms with Crippen molar-refractivity contribution in [2.45, 2.75) is 19.4 Å². The molecular formula is C28H34FN7O5. The number of hydrogen-bond acceptors (Lipinski definition) is 11. The van der Waals surface area contributed by atoms with Crippen LogP contribution in [0, 0.1) is 12.7 Å². The van der Waals surface area contributed by atoms with Crippen LogP contribution in [0.25, 0.3) is 11.3 Å². The molecule has 0 unspecified atom stereocenters. The number of fused-ring (bicyclic) bond motifs is 1. The maximum absolute atomic E-state index is 14.5. The Morgan fingerprint density at radius 1 is 1.10 bits per heavy atom. The number of nitrogens with two attached hydrogens (primary N) is 1. The molecule has 41 heavy (non-hydrogen) atoms. The summed E-state index contributed by atoms with van der Waals surface area (Å²) < 4.78 is 29.9. The fourth-order valence-electron chi connectivity index (χ4n) is 4.56. The van der Waals surface area contributed by atoms with Gasteiger partial charge in [-0.2, -0.15) is 0 Å². The van der Waals surface area contributed by atoms with Crippen LogP contribution in [-0.4, -0.2) is 85.8 Å². The first-order valence-electron chi connectivity index (χ1n) is 13.0. The third kappa shape index (κ3) is 7.31. The summed E-state index contributed by atoms with van der Waals surface area (Å²) in [6.07, 6.45) is 0.372. The highest BCUT2D eigenvalue weighted by atomic mass is 19.1. The number of amidine groups is 1. The van der Waals surface area contributed by atoms with Crippen LogP contribution in [0.5, 0.6) is 5.88 Å². The number of benzene rings is 1. The number of hydroxylamine groups is 1. The largest absolute Gasteiger partial charge is 0.481 e. The van der Waals surface area contributed by atoms with Gasteiger partial charge < -0.3 is 24.8 Å². The van der Waals surface area contributed by atoms with Crippen molar-refractivity contribution in [1.29, 1.82) is 0 Å². The lowest BCUT2D eigenvalue weighted by atomic mass is 9.91. The summed E-state index contributed by atoms with van der Waals surface area (Å²) in [5.74, 6) is 0.184. The summed E-state index contributed by atoms with van der Waals surface area (Å²) >= 11 is 0. The summed E-state index contributed by atoms with van der Waals surface area (Å²) in [5.41, 5.74) is 12.5. The molecule has 1 amide bonds. The van der Waals surface area contributed by atoms with Crippen molar-refractivity contribution >= 4 is 17.7 Å². The Labute approximate surface area is 237 Å². The average molecular weight is 568 g/mol. The zero-order chi connectivity index (χ0) is 29.4. The number of methoxy groups -OCH3 is 3. The van der Waals surface area contributed by atoms with Crippen LogP contribution in [-0.2, 0) is 25.5 Å². The van der Waals surface area contributed by atoms with E-state index in [0.717, 1.165) is 0 Å². The van der Waals surface area contributed by atoms with Gasteiger partial charge in [-0.15, -0.1) is 0 Å². The van der Waals surface area contributed by atoms with Gasteiger partial charge in [0.05, 0.1) is 49.0 Å². The number of halogens is 1. The first-order valence-corrected chi connectivity index (χ1v) is 13.0. The van der Waals surface area contributed by atoms with Crippen LogP contribution in [0.1, 0.15) is 28.6 Å². The molecule has 1 atom stereocenters. The zero-order valence-corrected chi connectivity index (χ0v) is 23.5. The number of pyridine rings is 1. The summed E-state index contributed by atoms with van der Waals surface area (Å²) in [5, 5.41) is 0. The van der Waals surface area contributed by atoms with Gasteiger partial charge in [0.2, 0.25) is 11.8 Å². The molecule has 4 rings (SSSR count). The Bertz CT molecular complexity index is 1400. The van der Waals surface area contributed by atoms with E-state index in [2.05, 4.69) is 20.4 Å². The van der Waals surface area contributed by atoms with Gasteiger partial charge in [0.15, 0.2) is 12.4 Å². The lowest BCUT2D eigenvalue weighted by Gasteiger charge is -2.26. The molecule has 3 heterocycles. The standard InChI is InChI=1S/C28H34FN7O5/c1-17-26-23(34-28(30)31-17)15-22(19-9-8-18(29)14-20(19)21-6-5-7-24(32-21)40-4)33-27(26)35-41-16-25(37)36(10-12-38-2)11-13-39-3/h5-9,14,22H,10-13,15-16H2,1-4H3,(H,33,35)(H2,30,31,34)/t22-/m1/s1. The van der Waals surface area contributed by atoms with E-state index >= 15 is 0 Å².